The van der Waals surface area contributed by atoms with Gasteiger partial charge in [0.1, 0.15) is 5.69 Å². The van der Waals surface area contributed by atoms with E-state index in [0.717, 1.165) is 5.56 Å². The standard InChI is InChI=1S/C13H10N2O2/c1-7-3-4-8-9(5-7)13(17)11-10(12(8)16)6-15(2)14-11/h3-6H,1-2H3. The zero-order valence-corrected chi connectivity index (χ0v) is 9.52. The van der Waals surface area contributed by atoms with E-state index >= 15 is 0 Å². The van der Waals surface area contributed by atoms with Gasteiger partial charge in [0.05, 0.1) is 5.56 Å². The van der Waals surface area contributed by atoms with Crippen LogP contribution in [0, 0.1) is 6.92 Å². The first-order valence-electron chi connectivity index (χ1n) is 5.31. The number of nitrogens with zero attached hydrogens (tertiary/aromatic N) is 2. The second-order valence-electron chi connectivity index (χ2n) is 4.27. The SMILES string of the molecule is Cc1ccc2c(c1)C(=O)c1nn(C)cc1C2=O. The highest BCUT2D eigenvalue weighted by atomic mass is 16.1. The summed E-state index contributed by atoms with van der Waals surface area (Å²) in [5.41, 5.74) is 2.55. The Kier molecular flexibility index (Phi) is 1.84. The van der Waals surface area contributed by atoms with Gasteiger partial charge < -0.3 is 0 Å². The lowest BCUT2D eigenvalue weighted by atomic mass is 9.87. The minimum Gasteiger partial charge on any atom is -0.288 e. The fourth-order valence-electron chi connectivity index (χ4n) is 2.14. The van der Waals surface area contributed by atoms with Gasteiger partial charge in [-0.3, -0.25) is 14.3 Å². The molecule has 0 unspecified atom stereocenters. The molecule has 2 aromatic rings. The van der Waals surface area contributed by atoms with Crippen LogP contribution in [-0.4, -0.2) is 21.3 Å². The zero-order chi connectivity index (χ0) is 12.2. The second kappa shape index (κ2) is 3.13. The molecule has 4 heteroatoms. The fraction of sp³-hybridized carbons (Fsp3) is 0.154. The maximum atomic E-state index is 12.2. The van der Waals surface area contributed by atoms with Crippen molar-refractivity contribution in [2.24, 2.45) is 7.05 Å². The summed E-state index contributed by atoms with van der Waals surface area (Å²) in [6.07, 6.45) is 1.60. The Hall–Kier alpha value is -2.23. The Balaban J connectivity index is 2.32. The van der Waals surface area contributed by atoms with Crippen molar-refractivity contribution in [1.82, 2.24) is 9.78 Å². The first-order chi connectivity index (χ1) is 8.08. The molecule has 0 N–H and O–H groups in total. The molecule has 0 fully saturated rings. The predicted octanol–water partition coefficient (Wildman–Crippen LogP) is 1.50. The fourth-order valence-corrected chi connectivity index (χ4v) is 2.14. The van der Waals surface area contributed by atoms with Gasteiger partial charge in [-0.1, -0.05) is 17.7 Å². The lowest BCUT2D eigenvalue weighted by Crippen LogP contribution is -2.20. The zero-order valence-electron chi connectivity index (χ0n) is 9.52. The van der Waals surface area contributed by atoms with E-state index in [9.17, 15) is 9.59 Å². The van der Waals surface area contributed by atoms with Crippen molar-refractivity contribution in [3.63, 3.8) is 0 Å². The van der Waals surface area contributed by atoms with Crippen LogP contribution in [0.1, 0.15) is 37.5 Å². The number of rotatable bonds is 0. The van der Waals surface area contributed by atoms with Gasteiger partial charge in [0.15, 0.2) is 5.78 Å². The maximum Gasteiger partial charge on any atom is 0.214 e. The molecular weight excluding hydrogens is 216 g/mol. The van der Waals surface area contributed by atoms with Crippen molar-refractivity contribution < 1.29 is 9.59 Å². The number of carbonyl (C=O) groups excluding carboxylic acids is 2. The minimum absolute atomic E-state index is 0.122. The molecule has 0 atom stereocenters. The van der Waals surface area contributed by atoms with Gasteiger partial charge in [0.2, 0.25) is 5.78 Å². The summed E-state index contributed by atoms with van der Waals surface area (Å²) in [7, 11) is 1.70. The number of hydrogen-bond donors (Lipinski definition) is 0. The average molecular weight is 226 g/mol. The first kappa shape index (κ1) is 9.96. The molecule has 17 heavy (non-hydrogen) atoms. The number of fused-ring (bicyclic) bond motifs is 2. The molecule has 0 amide bonds. The van der Waals surface area contributed by atoms with Crippen molar-refractivity contribution in [2.45, 2.75) is 6.92 Å². The van der Waals surface area contributed by atoms with Gasteiger partial charge >= 0.3 is 0 Å². The van der Waals surface area contributed by atoms with Crippen LogP contribution in [0.3, 0.4) is 0 Å². The number of aromatic nitrogens is 2. The van der Waals surface area contributed by atoms with Crippen molar-refractivity contribution in [1.29, 1.82) is 0 Å². The molecule has 1 aromatic heterocycles. The molecule has 0 saturated heterocycles. The normalized spacial score (nSPS) is 13.5. The summed E-state index contributed by atoms with van der Waals surface area (Å²) in [5.74, 6) is -0.290. The quantitative estimate of drug-likeness (QED) is 0.583. The second-order valence-corrected chi connectivity index (χ2v) is 4.27. The van der Waals surface area contributed by atoms with Crippen molar-refractivity contribution in [2.75, 3.05) is 0 Å². The molecule has 0 spiro atoms. The van der Waals surface area contributed by atoms with Crippen LogP contribution in [0.2, 0.25) is 0 Å². The summed E-state index contributed by atoms with van der Waals surface area (Å²) in [6, 6.07) is 5.29. The van der Waals surface area contributed by atoms with E-state index in [2.05, 4.69) is 5.10 Å². The van der Waals surface area contributed by atoms with E-state index in [0.29, 0.717) is 16.7 Å². The molecule has 0 aliphatic heterocycles. The smallest absolute Gasteiger partial charge is 0.214 e. The molecule has 1 aromatic carbocycles. The van der Waals surface area contributed by atoms with Gasteiger partial charge in [-0.2, -0.15) is 5.10 Å². The van der Waals surface area contributed by atoms with Crippen LogP contribution < -0.4 is 0 Å². The van der Waals surface area contributed by atoms with Crippen LogP contribution in [-0.2, 0) is 7.05 Å². The van der Waals surface area contributed by atoms with E-state index in [1.807, 2.05) is 13.0 Å². The number of benzene rings is 1. The molecule has 3 rings (SSSR count). The largest absolute Gasteiger partial charge is 0.288 e. The highest BCUT2D eigenvalue weighted by Gasteiger charge is 2.32. The molecule has 0 radical (unpaired) electrons. The Morgan fingerprint density at radius 2 is 1.82 bits per heavy atom. The molecule has 1 aliphatic rings. The van der Waals surface area contributed by atoms with Gasteiger partial charge in [-0.05, 0) is 13.0 Å². The van der Waals surface area contributed by atoms with E-state index in [-0.39, 0.29) is 17.3 Å². The van der Waals surface area contributed by atoms with Gasteiger partial charge in [0.25, 0.3) is 0 Å². The van der Waals surface area contributed by atoms with Crippen LogP contribution in [0.5, 0.6) is 0 Å². The van der Waals surface area contributed by atoms with Crippen LogP contribution in [0.4, 0.5) is 0 Å². The van der Waals surface area contributed by atoms with E-state index in [1.54, 1.807) is 25.4 Å². The Bertz CT molecular complexity index is 668. The topological polar surface area (TPSA) is 52.0 Å². The summed E-state index contributed by atoms with van der Waals surface area (Å²) >= 11 is 0. The number of carbonyl (C=O) groups is 2. The molecule has 0 saturated carbocycles. The summed E-state index contributed by atoms with van der Waals surface area (Å²) in [4.78, 5) is 24.4. The van der Waals surface area contributed by atoms with Crippen LogP contribution in [0.25, 0.3) is 0 Å². The van der Waals surface area contributed by atoms with Crippen LogP contribution >= 0.6 is 0 Å². The maximum absolute atomic E-state index is 12.2. The van der Waals surface area contributed by atoms with E-state index < -0.39 is 0 Å². The monoisotopic (exact) mass is 226 g/mol. The van der Waals surface area contributed by atoms with Crippen molar-refractivity contribution >= 4 is 11.6 Å². The molecule has 1 aliphatic carbocycles. The molecule has 0 bridgehead atoms. The third-order valence-electron chi connectivity index (χ3n) is 2.95. The van der Waals surface area contributed by atoms with E-state index in [1.165, 1.54) is 4.68 Å². The average Bonchev–Trinajstić information content (AvgIpc) is 2.68. The molecule has 4 nitrogen and oxygen atoms in total. The Morgan fingerprint density at radius 1 is 1.06 bits per heavy atom. The summed E-state index contributed by atoms with van der Waals surface area (Å²) in [6.45, 7) is 1.89. The predicted molar refractivity (Wildman–Crippen MR) is 61.3 cm³/mol. The van der Waals surface area contributed by atoms with Crippen molar-refractivity contribution in [3.8, 4) is 0 Å². The molecule has 1 heterocycles. The number of aryl methyl sites for hydroxylation is 2. The number of hydrogen-bond acceptors (Lipinski definition) is 3. The lowest BCUT2D eigenvalue weighted by Gasteiger charge is -2.13. The van der Waals surface area contributed by atoms with Crippen LogP contribution in [0.15, 0.2) is 24.4 Å². The van der Waals surface area contributed by atoms with Gasteiger partial charge in [-0.15, -0.1) is 0 Å². The third kappa shape index (κ3) is 1.27. The Morgan fingerprint density at radius 3 is 2.59 bits per heavy atom. The lowest BCUT2D eigenvalue weighted by molar-refractivity contribution is 0.0976. The highest BCUT2D eigenvalue weighted by Crippen LogP contribution is 2.26. The summed E-state index contributed by atoms with van der Waals surface area (Å²) < 4.78 is 1.50. The van der Waals surface area contributed by atoms with Gasteiger partial charge in [-0.25, -0.2) is 0 Å². The first-order valence-corrected chi connectivity index (χ1v) is 5.31. The highest BCUT2D eigenvalue weighted by molar-refractivity contribution is 6.27. The number of ketones is 2. The molecule has 84 valence electrons. The Labute approximate surface area is 97.9 Å². The van der Waals surface area contributed by atoms with Crippen molar-refractivity contribution in [3.05, 3.63) is 52.3 Å². The van der Waals surface area contributed by atoms with E-state index in [4.69, 9.17) is 0 Å². The van der Waals surface area contributed by atoms with Gasteiger partial charge in [0, 0.05) is 24.4 Å². The third-order valence-corrected chi connectivity index (χ3v) is 2.95. The minimum atomic E-state index is -0.168. The summed E-state index contributed by atoms with van der Waals surface area (Å²) in [5, 5.41) is 4.06. The molecular formula is C13H10N2O2.